The molecule has 154 valence electrons. The van der Waals surface area contributed by atoms with Crippen molar-refractivity contribution in [3.8, 4) is 0 Å². The maximum absolute atomic E-state index is 11.0. The number of halogens is 2. The number of piperidine rings is 1. The van der Waals surface area contributed by atoms with E-state index in [1.807, 2.05) is 6.92 Å². The van der Waals surface area contributed by atoms with Crippen LogP contribution in [-0.4, -0.2) is 57.3 Å². The Bertz CT molecular complexity index is 692. The molecule has 7 nitrogen and oxygen atoms in total. The molecule has 0 unspecified atom stereocenters. The van der Waals surface area contributed by atoms with Gasteiger partial charge in [0.2, 0.25) is 10.0 Å². The molecule has 1 saturated heterocycles. The highest BCUT2D eigenvalue weighted by molar-refractivity contribution is 14.0. The van der Waals surface area contributed by atoms with E-state index in [2.05, 4.69) is 60.7 Å². The van der Waals surface area contributed by atoms with E-state index in [1.54, 1.807) is 0 Å². The van der Waals surface area contributed by atoms with Crippen molar-refractivity contribution >= 4 is 55.9 Å². The number of likely N-dealkylation sites (tertiary alicyclic amines) is 1. The summed E-state index contributed by atoms with van der Waals surface area (Å²) >= 11 is 3.46. The van der Waals surface area contributed by atoms with Crippen molar-refractivity contribution < 1.29 is 8.42 Å². The summed E-state index contributed by atoms with van der Waals surface area (Å²) in [5.74, 6) is 0.511. The third-order valence-corrected chi connectivity index (χ3v) is 5.52. The lowest BCUT2D eigenvalue weighted by molar-refractivity contribution is 0.198. The van der Waals surface area contributed by atoms with Crippen LogP contribution in [0.15, 0.2) is 33.7 Å². The molecule has 1 fully saturated rings. The van der Waals surface area contributed by atoms with Gasteiger partial charge in [0, 0.05) is 36.7 Å². The summed E-state index contributed by atoms with van der Waals surface area (Å²) in [5, 5.41) is 11.6. The molecule has 27 heavy (non-hydrogen) atoms. The van der Waals surface area contributed by atoms with Gasteiger partial charge in [0.1, 0.15) is 0 Å². The summed E-state index contributed by atoms with van der Waals surface area (Å²) in [6.45, 7) is 5.87. The number of rotatable bonds is 7. The topological polar surface area (TPSA) is 99.8 Å². The number of primary sulfonamides is 1. The fraction of sp³-hybridized carbons (Fsp3) is 0.588. The molecule has 0 saturated carbocycles. The largest absolute Gasteiger partial charge is 0.357 e. The van der Waals surface area contributed by atoms with Crippen LogP contribution in [0.5, 0.6) is 0 Å². The normalized spacial score (nSPS) is 16.6. The molecule has 2 rings (SSSR count). The molecule has 0 amide bonds. The van der Waals surface area contributed by atoms with Gasteiger partial charge in [-0.05, 0) is 37.5 Å². The molecule has 0 spiro atoms. The van der Waals surface area contributed by atoms with Gasteiger partial charge in [0.25, 0.3) is 0 Å². The Balaban J connectivity index is 0.00000364. The number of nitrogens with two attached hydrogens (primary N) is 1. The van der Waals surface area contributed by atoms with E-state index in [-0.39, 0.29) is 36.3 Å². The van der Waals surface area contributed by atoms with Crippen LogP contribution in [0.25, 0.3) is 0 Å². The maximum Gasteiger partial charge on any atom is 0.210 e. The van der Waals surface area contributed by atoms with E-state index in [9.17, 15) is 8.42 Å². The molecule has 1 aliphatic rings. The number of sulfonamides is 1. The standard InChI is InChI=1S/C17H28BrN5O2S.HI/c1-2-20-17(21-9-12-26(19,24)25)22-16-7-10-23(11-8-16)13-14-3-5-15(18)6-4-14;/h3-6,16H,2,7-13H2,1H3,(H2,19,24,25)(H2,20,21,22);1H. The van der Waals surface area contributed by atoms with Crippen LogP contribution in [0.4, 0.5) is 0 Å². The van der Waals surface area contributed by atoms with E-state index in [4.69, 9.17) is 5.14 Å². The number of guanidine groups is 1. The molecule has 0 bridgehead atoms. The summed E-state index contributed by atoms with van der Waals surface area (Å²) in [6.07, 6.45) is 2.05. The lowest BCUT2D eigenvalue weighted by Gasteiger charge is -2.33. The fourth-order valence-corrected chi connectivity index (χ4v) is 3.49. The monoisotopic (exact) mass is 573 g/mol. The van der Waals surface area contributed by atoms with Crippen molar-refractivity contribution in [2.45, 2.75) is 32.4 Å². The van der Waals surface area contributed by atoms with Crippen molar-refractivity contribution in [3.63, 3.8) is 0 Å². The van der Waals surface area contributed by atoms with Crippen LogP contribution >= 0.6 is 39.9 Å². The summed E-state index contributed by atoms with van der Waals surface area (Å²) < 4.78 is 23.1. The van der Waals surface area contributed by atoms with Crippen LogP contribution in [0.1, 0.15) is 25.3 Å². The quantitative estimate of drug-likeness (QED) is 0.263. The predicted molar refractivity (Wildman–Crippen MR) is 125 cm³/mol. The van der Waals surface area contributed by atoms with Crippen LogP contribution in [0.3, 0.4) is 0 Å². The molecule has 4 N–H and O–H groups in total. The van der Waals surface area contributed by atoms with Gasteiger partial charge in [0.15, 0.2) is 5.96 Å². The first-order valence-electron chi connectivity index (χ1n) is 8.88. The summed E-state index contributed by atoms with van der Waals surface area (Å²) in [6, 6.07) is 8.78. The zero-order chi connectivity index (χ0) is 19.0. The van der Waals surface area contributed by atoms with Crippen molar-refractivity contribution in [1.29, 1.82) is 0 Å². The van der Waals surface area contributed by atoms with Crippen molar-refractivity contribution in [1.82, 2.24) is 15.5 Å². The van der Waals surface area contributed by atoms with Crippen LogP contribution in [-0.2, 0) is 16.6 Å². The fourth-order valence-electron chi connectivity index (χ4n) is 2.88. The molecule has 0 atom stereocenters. The zero-order valence-corrected chi connectivity index (χ0v) is 20.3. The van der Waals surface area contributed by atoms with Gasteiger partial charge in [0.05, 0.1) is 12.3 Å². The summed E-state index contributed by atoms with van der Waals surface area (Å²) in [4.78, 5) is 6.76. The number of hydrogen-bond acceptors (Lipinski definition) is 4. The Morgan fingerprint density at radius 2 is 1.93 bits per heavy atom. The number of benzene rings is 1. The smallest absolute Gasteiger partial charge is 0.210 e. The van der Waals surface area contributed by atoms with Crippen LogP contribution in [0, 0.1) is 0 Å². The van der Waals surface area contributed by atoms with Crippen LogP contribution < -0.4 is 15.8 Å². The molecule has 1 heterocycles. The number of aliphatic imine (C=N–C) groups is 1. The highest BCUT2D eigenvalue weighted by Crippen LogP contribution is 2.16. The minimum absolute atomic E-state index is 0. The first-order valence-corrected chi connectivity index (χ1v) is 11.4. The van der Waals surface area contributed by atoms with Crippen LogP contribution in [0.2, 0.25) is 0 Å². The summed E-state index contributed by atoms with van der Waals surface area (Å²) in [5.41, 5.74) is 1.32. The lowest BCUT2D eigenvalue weighted by atomic mass is 10.0. The van der Waals surface area contributed by atoms with Gasteiger partial charge in [-0.15, -0.1) is 24.0 Å². The Hall–Kier alpha value is -0.430. The van der Waals surface area contributed by atoms with Gasteiger partial charge < -0.3 is 10.6 Å². The first-order chi connectivity index (χ1) is 12.4. The SMILES string of the molecule is CCNC(=NCCS(N)(=O)=O)NC1CCN(Cc2ccc(Br)cc2)CC1.I. The lowest BCUT2D eigenvalue weighted by Crippen LogP contribution is -2.48. The van der Waals surface area contributed by atoms with E-state index < -0.39 is 10.0 Å². The van der Waals surface area contributed by atoms with Gasteiger partial charge in [-0.3, -0.25) is 9.89 Å². The van der Waals surface area contributed by atoms with E-state index in [0.29, 0.717) is 12.0 Å². The Labute approximate surface area is 187 Å². The van der Waals surface area contributed by atoms with E-state index in [0.717, 1.165) is 43.5 Å². The highest BCUT2D eigenvalue weighted by atomic mass is 127. The molecular weight excluding hydrogens is 545 g/mol. The average molecular weight is 574 g/mol. The molecular formula is C17H29BrIN5O2S. The summed E-state index contributed by atoms with van der Waals surface area (Å²) in [7, 11) is -3.48. The zero-order valence-electron chi connectivity index (χ0n) is 15.5. The second-order valence-corrected chi connectivity index (χ2v) is 9.10. The van der Waals surface area contributed by atoms with Gasteiger partial charge in [-0.2, -0.15) is 0 Å². The predicted octanol–water partition coefficient (Wildman–Crippen LogP) is 1.88. The molecule has 1 aliphatic heterocycles. The number of nitrogens with zero attached hydrogens (tertiary/aromatic N) is 2. The Morgan fingerprint density at radius 3 is 2.48 bits per heavy atom. The van der Waals surface area contributed by atoms with Crippen molar-refractivity contribution in [3.05, 3.63) is 34.3 Å². The van der Waals surface area contributed by atoms with Gasteiger partial charge >= 0.3 is 0 Å². The number of nitrogens with one attached hydrogen (secondary N) is 2. The molecule has 0 aromatic heterocycles. The van der Waals surface area contributed by atoms with Gasteiger partial charge in [-0.1, -0.05) is 28.1 Å². The molecule has 10 heteroatoms. The minimum Gasteiger partial charge on any atom is -0.357 e. The average Bonchev–Trinajstić information content (AvgIpc) is 2.58. The molecule has 1 aromatic carbocycles. The second-order valence-electron chi connectivity index (χ2n) is 6.45. The molecule has 0 radical (unpaired) electrons. The Morgan fingerprint density at radius 1 is 1.30 bits per heavy atom. The van der Waals surface area contributed by atoms with E-state index in [1.165, 1.54) is 5.56 Å². The second kappa shape index (κ2) is 12.2. The van der Waals surface area contributed by atoms with Crippen molar-refractivity contribution in [2.24, 2.45) is 10.1 Å². The van der Waals surface area contributed by atoms with Crippen molar-refractivity contribution in [2.75, 3.05) is 31.9 Å². The maximum atomic E-state index is 11.0. The third-order valence-electron chi connectivity index (χ3n) is 4.24. The Kier molecular flexibility index (Phi) is 11.1. The third kappa shape index (κ3) is 10.1. The minimum atomic E-state index is -3.48. The van der Waals surface area contributed by atoms with Gasteiger partial charge in [-0.25, -0.2) is 13.6 Å². The molecule has 0 aliphatic carbocycles. The molecule has 1 aromatic rings. The highest BCUT2D eigenvalue weighted by Gasteiger charge is 2.20. The van der Waals surface area contributed by atoms with E-state index >= 15 is 0 Å². The first kappa shape index (κ1) is 24.6. The number of hydrogen-bond donors (Lipinski definition) is 3.